The van der Waals surface area contributed by atoms with Gasteiger partial charge in [0.2, 0.25) is 0 Å². The Hall–Kier alpha value is -3.38. The van der Waals surface area contributed by atoms with Gasteiger partial charge in [-0.3, -0.25) is 5.10 Å². The van der Waals surface area contributed by atoms with E-state index in [-0.39, 0.29) is 23.4 Å². The summed E-state index contributed by atoms with van der Waals surface area (Å²) in [5, 5.41) is 10.3. The molecule has 2 aromatic heterocycles. The quantitative estimate of drug-likeness (QED) is 0.244. The molecule has 4 rings (SSSR count). The summed E-state index contributed by atoms with van der Waals surface area (Å²) < 4.78 is 37.2. The first-order chi connectivity index (χ1) is 16.9. The second-order valence-electron chi connectivity index (χ2n) is 8.05. The number of aromatic nitrogens is 3. The summed E-state index contributed by atoms with van der Waals surface area (Å²) in [6.07, 6.45) is 3.79. The van der Waals surface area contributed by atoms with Crippen LogP contribution in [0, 0.1) is 25.5 Å². The van der Waals surface area contributed by atoms with Crippen LogP contribution >= 0.6 is 11.9 Å². The van der Waals surface area contributed by atoms with Gasteiger partial charge in [-0.25, -0.2) is 23.1 Å². The molecule has 0 atom stereocenters. The predicted molar refractivity (Wildman–Crippen MR) is 137 cm³/mol. The lowest BCUT2D eigenvalue weighted by Gasteiger charge is -2.34. The molecule has 1 aliphatic rings. The van der Waals surface area contributed by atoms with Crippen LogP contribution in [0.25, 0.3) is 10.9 Å². The van der Waals surface area contributed by atoms with Gasteiger partial charge >= 0.3 is 0 Å². The highest BCUT2D eigenvalue weighted by Gasteiger charge is 2.20. The molecular weight excluding hydrogens is 474 g/mol. The zero-order valence-electron chi connectivity index (χ0n) is 19.9. The molecule has 186 valence electrons. The highest BCUT2D eigenvalue weighted by molar-refractivity contribution is 7.96. The molecule has 9 nitrogen and oxygen atoms in total. The van der Waals surface area contributed by atoms with E-state index < -0.39 is 11.6 Å². The van der Waals surface area contributed by atoms with E-state index in [1.54, 1.807) is 31.0 Å². The molecular formula is C23H28F2N8OS. The Labute approximate surface area is 206 Å². The zero-order valence-corrected chi connectivity index (χ0v) is 20.7. The summed E-state index contributed by atoms with van der Waals surface area (Å²) in [7, 11) is 0. The van der Waals surface area contributed by atoms with Crippen LogP contribution in [0.5, 0.6) is 5.75 Å². The first-order valence-corrected chi connectivity index (χ1v) is 12.2. The summed E-state index contributed by atoms with van der Waals surface area (Å²) in [4.78, 5) is 13.5. The minimum Gasteiger partial charge on any atom is -0.468 e. The molecule has 0 radical (unpaired) electrons. The number of fused-ring (bicyclic) bond motifs is 1. The maximum atomic E-state index is 14.9. The van der Waals surface area contributed by atoms with Gasteiger partial charge in [0.05, 0.1) is 5.52 Å². The van der Waals surface area contributed by atoms with E-state index in [0.717, 1.165) is 37.9 Å². The average molecular weight is 503 g/mol. The van der Waals surface area contributed by atoms with E-state index in [4.69, 9.17) is 4.74 Å². The van der Waals surface area contributed by atoms with Crippen LogP contribution in [0.4, 0.5) is 14.6 Å². The fourth-order valence-electron chi connectivity index (χ4n) is 3.80. The predicted octanol–water partition coefficient (Wildman–Crippen LogP) is 4.07. The molecule has 35 heavy (non-hydrogen) atoms. The van der Waals surface area contributed by atoms with Gasteiger partial charge < -0.3 is 19.9 Å². The summed E-state index contributed by atoms with van der Waals surface area (Å²) in [6, 6.07) is 4.42. The van der Waals surface area contributed by atoms with Gasteiger partial charge in [0, 0.05) is 61.2 Å². The second-order valence-corrected chi connectivity index (χ2v) is 8.93. The maximum Gasteiger partial charge on any atom is 0.181 e. The highest BCUT2D eigenvalue weighted by Crippen LogP contribution is 2.29. The Morgan fingerprint density at radius 3 is 2.66 bits per heavy atom. The van der Waals surface area contributed by atoms with Crippen molar-refractivity contribution < 1.29 is 13.5 Å². The summed E-state index contributed by atoms with van der Waals surface area (Å²) in [5.74, 6) is 0.225. The van der Waals surface area contributed by atoms with E-state index in [2.05, 4.69) is 46.4 Å². The van der Waals surface area contributed by atoms with Gasteiger partial charge in [0.15, 0.2) is 29.9 Å². The lowest BCUT2D eigenvalue weighted by molar-refractivity contribution is 0.276. The lowest BCUT2D eigenvalue weighted by atomic mass is 10.2. The van der Waals surface area contributed by atoms with E-state index in [9.17, 15) is 8.78 Å². The van der Waals surface area contributed by atoms with Gasteiger partial charge in [-0.2, -0.15) is 5.10 Å². The van der Waals surface area contributed by atoms with Crippen molar-refractivity contribution in [3.63, 3.8) is 0 Å². The largest absolute Gasteiger partial charge is 0.468 e. The van der Waals surface area contributed by atoms with Crippen LogP contribution in [0.2, 0.25) is 0 Å². The fourth-order valence-corrected chi connectivity index (χ4v) is 4.33. The number of aromatic amines is 2. The van der Waals surface area contributed by atoms with Crippen molar-refractivity contribution >= 4 is 41.2 Å². The summed E-state index contributed by atoms with van der Waals surface area (Å²) in [6.45, 7) is 10.2. The molecule has 3 N–H and O–H groups in total. The molecule has 0 aliphatic carbocycles. The summed E-state index contributed by atoms with van der Waals surface area (Å²) >= 11 is 1.70. The highest BCUT2D eigenvalue weighted by atomic mass is 32.2. The topological polar surface area (TPSA) is 96.9 Å². The number of piperazine rings is 1. The molecule has 0 amide bonds. The molecule has 1 fully saturated rings. The molecule has 3 heterocycles. The molecule has 1 saturated heterocycles. The third kappa shape index (κ3) is 5.82. The number of aliphatic imine (C=N–C) groups is 2. The number of rotatable bonds is 8. The number of hydrogen-bond donors (Lipinski definition) is 3. The number of H-pyrrole nitrogens is 2. The zero-order chi connectivity index (χ0) is 24.9. The van der Waals surface area contributed by atoms with Crippen molar-refractivity contribution in [2.45, 2.75) is 13.8 Å². The third-order valence-corrected chi connectivity index (χ3v) is 6.45. The Balaban J connectivity index is 1.57. The van der Waals surface area contributed by atoms with Crippen molar-refractivity contribution in [1.29, 1.82) is 0 Å². The van der Waals surface area contributed by atoms with E-state index in [1.807, 2.05) is 19.2 Å². The van der Waals surface area contributed by atoms with Crippen LogP contribution < -0.4 is 10.1 Å². The first kappa shape index (κ1) is 24.7. The number of anilines is 1. The smallest absolute Gasteiger partial charge is 0.181 e. The fraction of sp³-hybridized carbons (Fsp3) is 0.348. The van der Waals surface area contributed by atoms with E-state index >= 15 is 0 Å². The Morgan fingerprint density at radius 2 is 2.00 bits per heavy atom. The van der Waals surface area contributed by atoms with Crippen molar-refractivity contribution in [2.75, 3.05) is 44.5 Å². The van der Waals surface area contributed by atoms with Gasteiger partial charge in [0.1, 0.15) is 11.7 Å². The molecule has 0 unspecified atom stereocenters. The molecule has 1 aromatic carbocycles. The number of nitrogens with zero attached hydrogens (tertiary/aromatic N) is 5. The first-order valence-electron chi connectivity index (χ1n) is 11.0. The van der Waals surface area contributed by atoms with Gasteiger partial charge in [-0.05, 0) is 32.9 Å². The summed E-state index contributed by atoms with van der Waals surface area (Å²) in [5.41, 5.74) is 1.68. The van der Waals surface area contributed by atoms with Crippen LogP contribution in [-0.2, 0) is 0 Å². The monoisotopic (exact) mass is 502 g/mol. The number of benzene rings is 1. The molecule has 12 heteroatoms. The standard InChI is InChI=1S/C23H28F2N8OS/c1-14-9-16-22(25)18(11-17(24)23(16)28-14)34-13-27-21(32-5-7-33(35-4)8-6-32)12-19(26-3)29-20-10-15(2)30-31-20/h9-12,28H,3,5-8,13H2,1-2,4H3,(H2,29,30,31)/b19-12+,27-21+. The van der Waals surface area contributed by atoms with Crippen LogP contribution in [-0.4, -0.2) is 76.1 Å². The number of aryl methyl sites for hydroxylation is 2. The minimum absolute atomic E-state index is 0.118. The lowest BCUT2D eigenvalue weighted by Crippen LogP contribution is -2.46. The molecule has 0 spiro atoms. The number of amidine groups is 1. The van der Waals surface area contributed by atoms with Crippen molar-refractivity contribution in [2.24, 2.45) is 9.98 Å². The van der Waals surface area contributed by atoms with Crippen LogP contribution in [0.1, 0.15) is 11.4 Å². The Morgan fingerprint density at radius 1 is 1.23 bits per heavy atom. The number of halogens is 2. The number of hydrogen-bond acceptors (Lipinski definition) is 7. The third-order valence-electron chi connectivity index (χ3n) is 5.57. The van der Waals surface area contributed by atoms with Crippen molar-refractivity contribution in [3.05, 3.63) is 53.1 Å². The van der Waals surface area contributed by atoms with Gasteiger partial charge in [-0.15, -0.1) is 0 Å². The van der Waals surface area contributed by atoms with Crippen LogP contribution in [0.3, 0.4) is 0 Å². The van der Waals surface area contributed by atoms with E-state index in [0.29, 0.717) is 23.2 Å². The van der Waals surface area contributed by atoms with Crippen molar-refractivity contribution in [3.8, 4) is 5.75 Å². The van der Waals surface area contributed by atoms with Crippen molar-refractivity contribution in [1.82, 2.24) is 24.4 Å². The minimum atomic E-state index is -0.629. The maximum absolute atomic E-state index is 14.9. The Bertz CT molecular complexity index is 1260. The molecule has 0 saturated carbocycles. The number of ether oxygens (including phenoxy) is 1. The molecule has 1 aliphatic heterocycles. The normalized spacial score (nSPS) is 15.6. The van der Waals surface area contributed by atoms with Crippen LogP contribution in [0.15, 0.2) is 40.1 Å². The molecule has 0 bridgehead atoms. The Kier molecular flexibility index (Phi) is 7.71. The second kappa shape index (κ2) is 10.9. The average Bonchev–Trinajstić information content (AvgIpc) is 3.46. The van der Waals surface area contributed by atoms with Gasteiger partial charge in [0.25, 0.3) is 0 Å². The SMILES string of the molecule is C=N/C(=C\C(=N/COc1cc(F)c2[nH]c(C)cc2c1F)N1CCN(SC)CC1)Nc1cc(C)[nH]n1. The molecule has 3 aromatic rings. The van der Waals surface area contributed by atoms with Gasteiger partial charge in [-0.1, -0.05) is 11.9 Å². The van der Waals surface area contributed by atoms with E-state index in [1.165, 1.54) is 0 Å². The number of nitrogens with one attached hydrogen (secondary N) is 3.